The molecule has 2 heterocycles. The molecule has 1 aliphatic rings. The molecule has 1 aliphatic heterocycles. The Morgan fingerprint density at radius 1 is 1.39 bits per heavy atom. The minimum atomic E-state index is -0.934. The molecule has 0 spiro atoms. The summed E-state index contributed by atoms with van der Waals surface area (Å²) in [5.41, 5.74) is 1.70. The number of rotatable bonds is 6. The Morgan fingerprint density at radius 3 is 2.57 bits per heavy atom. The van der Waals surface area contributed by atoms with E-state index in [1.807, 2.05) is 19.9 Å². The van der Waals surface area contributed by atoms with Gasteiger partial charge in [-0.3, -0.25) is 4.79 Å². The molecule has 2 rings (SSSR count). The summed E-state index contributed by atoms with van der Waals surface area (Å²) >= 11 is 0. The van der Waals surface area contributed by atoms with Gasteiger partial charge in [-0.2, -0.15) is 0 Å². The van der Waals surface area contributed by atoms with E-state index >= 15 is 0 Å². The summed E-state index contributed by atoms with van der Waals surface area (Å²) < 4.78 is 5.07. The maximum atomic E-state index is 12.6. The van der Waals surface area contributed by atoms with Crippen LogP contribution in [0.2, 0.25) is 0 Å². The molecule has 3 atom stereocenters. The highest BCUT2D eigenvalue weighted by Crippen LogP contribution is 2.14. The first kappa shape index (κ1) is 17.6. The third-order valence-electron chi connectivity index (χ3n) is 3.70. The first-order valence-electron chi connectivity index (χ1n) is 8.04. The number of carbonyl (C=O) groups excluding carboxylic acids is 1. The molecule has 0 bridgehead atoms. The van der Waals surface area contributed by atoms with Gasteiger partial charge in [0.25, 0.3) is 0 Å². The van der Waals surface area contributed by atoms with Gasteiger partial charge < -0.3 is 20.5 Å². The number of ether oxygens (including phenoxy) is 1. The molecule has 1 aromatic heterocycles. The molecule has 1 aromatic rings. The zero-order valence-corrected chi connectivity index (χ0v) is 14.2. The number of carbonyl (C=O) groups is 1. The summed E-state index contributed by atoms with van der Waals surface area (Å²) in [5, 5.41) is 15.7. The monoisotopic (exact) mass is 322 g/mol. The molecule has 23 heavy (non-hydrogen) atoms. The molecule has 0 radical (unpaired) electrons. The fourth-order valence-electron chi connectivity index (χ4n) is 2.65. The largest absolute Gasteiger partial charge is 0.366 e. The second-order valence-corrected chi connectivity index (χ2v) is 6.47. The third-order valence-corrected chi connectivity index (χ3v) is 3.70. The van der Waals surface area contributed by atoms with Gasteiger partial charge in [0.05, 0.1) is 12.6 Å². The number of aliphatic hydroxyl groups is 1. The Labute approximate surface area is 136 Å². The fourth-order valence-corrected chi connectivity index (χ4v) is 2.65. The Balaban J connectivity index is 2.07. The first-order valence-corrected chi connectivity index (χ1v) is 8.04. The number of anilines is 1. The molecule has 1 fully saturated rings. The van der Waals surface area contributed by atoms with Gasteiger partial charge in [0.1, 0.15) is 6.04 Å². The second kappa shape index (κ2) is 7.70. The Bertz CT molecular complexity index is 530. The van der Waals surface area contributed by atoms with Crippen LogP contribution in [0.25, 0.3) is 0 Å². The lowest BCUT2D eigenvalue weighted by Crippen LogP contribution is -2.48. The van der Waals surface area contributed by atoms with Crippen molar-refractivity contribution < 1.29 is 14.6 Å². The molecular formula is C16H26N4O3. The molecule has 128 valence electrons. The van der Waals surface area contributed by atoms with Gasteiger partial charge in [0.2, 0.25) is 11.9 Å². The van der Waals surface area contributed by atoms with Gasteiger partial charge >= 0.3 is 0 Å². The maximum absolute atomic E-state index is 12.6. The quantitative estimate of drug-likeness (QED) is 0.727. The van der Waals surface area contributed by atoms with E-state index < -0.39 is 12.3 Å². The highest BCUT2D eigenvalue weighted by molar-refractivity contribution is 5.84. The van der Waals surface area contributed by atoms with E-state index in [0.717, 1.165) is 11.4 Å². The van der Waals surface area contributed by atoms with Gasteiger partial charge in [-0.15, -0.1) is 0 Å². The standard InChI is InChI=1S/C16H26N4O3/c1-9(2)7-13(14(21)19-12-5-6-23-15(12)22)20-16-17-10(3)8-11(4)18-16/h8-9,12-13,15,22H,5-7H2,1-4H3,(H,19,21)(H,17,18,20). The Kier molecular flexibility index (Phi) is 5.90. The smallest absolute Gasteiger partial charge is 0.242 e. The van der Waals surface area contributed by atoms with Crippen molar-refractivity contribution in [1.29, 1.82) is 0 Å². The van der Waals surface area contributed by atoms with E-state index in [1.165, 1.54) is 0 Å². The maximum Gasteiger partial charge on any atom is 0.242 e. The van der Waals surface area contributed by atoms with Crippen molar-refractivity contribution in [1.82, 2.24) is 15.3 Å². The van der Waals surface area contributed by atoms with Crippen molar-refractivity contribution in [3.05, 3.63) is 17.5 Å². The van der Waals surface area contributed by atoms with Crippen LogP contribution in [0, 0.1) is 19.8 Å². The number of nitrogens with zero attached hydrogens (tertiary/aromatic N) is 2. The number of aromatic nitrogens is 2. The summed E-state index contributed by atoms with van der Waals surface area (Å²) in [4.78, 5) is 21.2. The number of hydrogen-bond acceptors (Lipinski definition) is 6. The number of aliphatic hydroxyl groups excluding tert-OH is 1. The summed E-state index contributed by atoms with van der Waals surface area (Å²) in [6.07, 6.45) is 0.323. The molecule has 7 nitrogen and oxygen atoms in total. The molecule has 1 saturated heterocycles. The van der Waals surface area contributed by atoms with Gasteiger partial charge in [-0.25, -0.2) is 9.97 Å². The van der Waals surface area contributed by atoms with Crippen molar-refractivity contribution in [2.45, 2.75) is 58.9 Å². The SMILES string of the molecule is Cc1cc(C)nc(NC(CC(C)C)C(=O)NC2CCOC2O)n1. The van der Waals surface area contributed by atoms with Gasteiger partial charge in [0.15, 0.2) is 6.29 Å². The average Bonchev–Trinajstić information content (AvgIpc) is 2.82. The van der Waals surface area contributed by atoms with Crippen molar-refractivity contribution in [2.75, 3.05) is 11.9 Å². The lowest BCUT2D eigenvalue weighted by Gasteiger charge is -2.23. The first-order chi connectivity index (χ1) is 10.8. The van der Waals surface area contributed by atoms with E-state index in [0.29, 0.717) is 31.3 Å². The van der Waals surface area contributed by atoms with Gasteiger partial charge in [0, 0.05) is 11.4 Å². The van der Waals surface area contributed by atoms with Crippen molar-refractivity contribution in [3.8, 4) is 0 Å². The second-order valence-electron chi connectivity index (χ2n) is 6.47. The molecular weight excluding hydrogens is 296 g/mol. The minimum absolute atomic E-state index is 0.170. The molecule has 7 heteroatoms. The fraction of sp³-hybridized carbons (Fsp3) is 0.688. The van der Waals surface area contributed by atoms with Crippen LogP contribution < -0.4 is 10.6 Å². The summed E-state index contributed by atoms with van der Waals surface area (Å²) in [6.45, 7) is 8.34. The van der Waals surface area contributed by atoms with Crippen LogP contribution in [-0.2, 0) is 9.53 Å². The summed E-state index contributed by atoms with van der Waals surface area (Å²) in [7, 11) is 0. The van der Waals surface area contributed by atoms with Crippen LogP contribution >= 0.6 is 0 Å². The van der Waals surface area contributed by atoms with Crippen molar-refractivity contribution >= 4 is 11.9 Å². The molecule has 0 saturated carbocycles. The third kappa shape index (κ3) is 5.14. The van der Waals surface area contributed by atoms with E-state index in [-0.39, 0.29) is 11.9 Å². The number of nitrogens with one attached hydrogen (secondary N) is 2. The molecule has 1 amide bonds. The van der Waals surface area contributed by atoms with Gasteiger partial charge in [-0.05, 0) is 38.7 Å². The normalized spacial score (nSPS) is 22.2. The average molecular weight is 322 g/mol. The van der Waals surface area contributed by atoms with Crippen LogP contribution in [0.3, 0.4) is 0 Å². The zero-order valence-electron chi connectivity index (χ0n) is 14.2. The molecule has 0 aliphatic carbocycles. The summed E-state index contributed by atoms with van der Waals surface area (Å²) in [6, 6.07) is 1.07. The molecule has 3 N–H and O–H groups in total. The van der Waals surface area contributed by atoms with Crippen LogP contribution in [0.1, 0.15) is 38.1 Å². The van der Waals surface area contributed by atoms with E-state index in [4.69, 9.17) is 4.74 Å². The highest BCUT2D eigenvalue weighted by atomic mass is 16.6. The molecule has 3 unspecified atom stereocenters. The lowest BCUT2D eigenvalue weighted by molar-refractivity contribution is -0.126. The lowest BCUT2D eigenvalue weighted by atomic mass is 10.0. The number of hydrogen-bond donors (Lipinski definition) is 3. The Hall–Kier alpha value is -1.73. The van der Waals surface area contributed by atoms with Crippen LogP contribution in [0.4, 0.5) is 5.95 Å². The predicted octanol–water partition coefficient (Wildman–Crippen LogP) is 1.14. The molecule has 0 aromatic carbocycles. The number of aryl methyl sites for hydroxylation is 2. The summed E-state index contributed by atoms with van der Waals surface area (Å²) in [5.74, 6) is 0.608. The zero-order chi connectivity index (χ0) is 17.0. The topological polar surface area (TPSA) is 96.4 Å². The predicted molar refractivity (Wildman–Crippen MR) is 86.9 cm³/mol. The highest BCUT2D eigenvalue weighted by Gasteiger charge is 2.30. The van der Waals surface area contributed by atoms with Crippen molar-refractivity contribution in [3.63, 3.8) is 0 Å². The van der Waals surface area contributed by atoms with Crippen LogP contribution in [0.15, 0.2) is 6.07 Å². The van der Waals surface area contributed by atoms with Crippen LogP contribution in [-0.4, -0.2) is 46.0 Å². The van der Waals surface area contributed by atoms with Crippen LogP contribution in [0.5, 0.6) is 0 Å². The van der Waals surface area contributed by atoms with E-state index in [9.17, 15) is 9.90 Å². The Morgan fingerprint density at radius 2 is 2.04 bits per heavy atom. The van der Waals surface area contributed by atoms with Crippen molar-refractivity contribution in [2.24, 2.45) is 5.92 Å². The minimum Gasteiger partial charge on any atom is -0.366 e. The van der Waals surface area contributed by atoms with Gasteiger partial charge in [-0.1, -0.05) is 13.8 Å². The number of amides is 1. The van der Waals surface area contributed by atoms with E-state index in [2.05, 4.69) is 34.4 Å². The van der Waals surface area contributed by atoms with E-state index in [1.54, 1.807) is 0 Å².